The normalized spacial score (nSPS) is 12.5. The van der Waals surface area contributed by atoms with Gasteiger partial charge in [0.15, 0.2) is 17.9 Å². The van der Waals surface area contributed by atoms with Crippen LogP contribution in [0.25, 0.3) is 22.6 Å². The Labute approximate surface area is 201 Å². The Kier molecular flexibility index (Phi) is 10.8. The topological polar surface area (TPSA) is 78.0 Å². The second-order valence-corrected chi connectivity index (χ2v) is 7.94. The Hall–Kier alpha value is -2.52. The van der Waals surface area contributed by atoms with Gasteiger partial charge in [-0.3, -0.25) is 0 Å². The lowest BCUT2D eigenvalue weighted by Gasteiger charge is -2.11. The Balaban J connectivity index is 1.58. The van der Waals surface area contributed by atoms with Gasteiger partial charge in [0.05, 0.1) is 45.7 Å². The summed E-state index contributed by atoms with van der Waals surface area (Å²) in [6.07, 6.45) is 0. The number of hydrogen-bond donors (Lipinski definition) is 1. The van der Waals surface area contributed by atoms with Crippen molar-refractivity contribution in [1.82, 2.24) is 9.56 Å². The molecule has 2 aliphatic rings. The number of anilines is 1. The van der Waals surface area contributed by atoms with E-state index in [-0.39, 0.29) is 0 Å². The van der Waals surface area contributed by atoms with Crippen LogP contribution in [0.2, 0.25) is 0 Å². The molecule has 0 saturated heterocycles. The fraction of sp³-hybridized carbons (Fsp3) is 0.538. The van der Waals surface area contributed by atoms with Gasteiger partial charge < -0.3 is 28.7 Å². The van der Waals surface area contributed by atoms with Crippen LogP contribution >= 0.6 is 0 Å². The van der Waals surface area contributed by atoms with E-state index in [1.165, 1.54) is 0 Å². The maximum atomic E-state index is 6.24. The van der Waals surface area contributed by atoms with E-state index in [0.717, 1.165) is 58.8 Å². The largest absolute Gasteiger partial charge is 0.452 e. The van der Waals surface area contributed by atoms with Gasteiger partial charge >= 0.3 is 0 Å². The van der Waals surface area contributed by atoms with E-state index in [4.69, 9.17) is 28.3 Å². The van der Waals surface area contributed by atoms with E-state index in [1.807, 2.05) is 12.1 Å². The van der Waals surface area contributed by atoms with Gasteiger partial charge in [-0.2, -0.15) is 0 Å². The van der Waals surface area contributed by atoms with Crippen LogP contribution in [0.1, 0.15) is 19.4 Å². The molecule has 0 radical (unpaired) electrons. The highest BCUT2D eigenvalue weighted by Gasteiger charge is 2.13. The third-order valence-electron chi connectivity index (χ3n) is 5.51. The summed E-state index contributed by atoms with van der Waals surface area (Å²) in [5.41, 5.74) is 4.73. The molecule has 3 rings (SSSR count). The van der Waals surface area contributed by atoms with Crippen molar-refractivity contribution < 1.29 is 23.4 Å². The molecule has 34 heavy (non-hydrogen) atoms. The molecule has 1 heterocycles. The molecule has 1 aromatic rings. The highest BCUT2D eigenvalue weighted by Crippen LogP contribution is 2.27. The van der Waals surface area contributed by atoms with Crippen molar-refractivity contribution in [2.75, 3.05) is 78.3 Å². The summed E-state index contributed by atoms with van der Waals surface area (Å²) < 4.78 is 30.1. The minimum Gasteiger partial charge on any atom is -0.452 e. The summed E-state index contributed by atoms with van der Waals surface area (Å²) in [4.78, 5) is 4.80. The minimum atomic E-state index is 0.557. The van der Waals surface area contributed by atoms with Crippen molar-refractivity contribution >= 4 is 16.8 Å². The van der Waals surface area contributed by atoms with Crippen LogP contribution in [0.4, 0.5) is 5.69 Å². The Bertz CT molecular complexity index is 1070. The van der Waals surface area contributed by atoms with Gasteiger partial charge in [-0.15, -0.1) is 0 Å². The van der Waals surface area contributed by atoms with Crippen LogP contribution in [0.3, 0.4) is 0 Å². The van der Waals surface area contributed by atoms with Gasteiger partial charge in [0, 0.05) is 31.5 Å². The molecule has 1 aliphatic carbocycles. The van der Waals surface area contributed by atoms with Gasteiger partial charge in [0.1, 0.15) is 24.4 Å². The number of fused-ring (bicyclic) bond motifs is 2. The fourth-order valence-corrected chi connectivity index (χ4v) is 3.67. The minimum absolute atomic E-state index is 0.557. The summed E-state index contributed by atoms with van der Waals surface area (Å²) in [6.45, 7) is 12.9. The molecule has 8 nitrogen and oxygen atoms in total. The van der Waals surface area contributed by atoms with Crippen LogP contribution in [0.5, 0.6) is 0 Å². The van der Waals surface area contributed by atoms with Gasteiger partial charge in [0.2, 0.25) is 5.36 Å². The number of ether oxygens (including phenoxy) is 4. The number of nitrogens with one attached hydrogen (secondary N) is 1. The zero-order valence-corrected chi connectivity index (χ0v) is 20.9. The predicted molar refractivity (Wildman–Crippen MR) is 135 cm³/mol. The van der Waals surface area contributed by atoms with Crippen LogP contribution in [-0.2, 0) is 18.9 Å². The number of benzene rings is 2. The molecule has 0 fully saturated rings. The number of rotatable bonds is 15. The number of aromatic nitrogens is 1. The second-order valence-electron chi connectivity index (χ2n) is 7.94. The van der Waals surface area contributed by atoms with Crippen molar-refractivity contribution in [2.24, 2.45) is 0 Å². The van der Waals surface area contributed by atoms with E-state index in [9.17, 15) is 0 Å². The first kappa shape index (κ1) is 26.1. The molecular formula is C26H38N3O5+. The molecule has 186 valence electrons. The molecule has 0 bridgehead atoms. The molecule has 1 aliphatic heterocycles. The molecule has 0 atom stereocenters. The van der Waals surface area contributed by atoms with E-state index in [2.05, 4.69) is 48.9 Å². The summed E-state index contributed by atoms with van der Waals surface area (Å²) in [6, 6.07) is 10.3. The molecule has 0 unspecified atom stereocenters. The number of aryl methyl sites for hydroxylation is 1. The van der Waals surface area contributed by atoms with Crippen molar-refractivity contribution in [3.63, 3.8) is 0 Å². The first-order valence-corrected chi connectivity index (χ1v) is 12.1. The molecule has 1 aromatic carbocycles. The van der Waals surface area contributed by atoms with E-state index in [1.54, 1.807) is 7.11 Å². The summed E-state index contributed by atoms with van der Waals surface area (Å²) in [5, 5.41) is 4.47. The quantitative estimate of drug-likeness (QED) is 0.207. The molecule has 0 aromatic heterocycles. The third kappa shape index (κ3) is 7.50. The van der Waals surface area contributed by atoms with Gasteiger partial charge in [-0.1, -0.05) is 0 Å². The third-order valence-corrected chi connectivity index (χ3v) is 5.51. The fourth-order valence-electron chi connectivity index (χ4n) is 3.67. The molecule has 0 spiro atoms. The molecule has 8 heteroatoms. The van der Waals surface area contributed by atoms with Crippen molar-refractivity contribution in [3.8, 4) is 11.5 Å². The molecule has 0 amide bonds. The monoisotopic (exact) mass is 472 g/mol. The van der Waals surface area contributed by atoms with Crippen molar-refractivity contribution in [1.29, 1.82) is 0 Å². The standard InChI is InChI=1S/C26H37N3O5/c1-5-27-23-19-26-24(17-20(23)3)28-22-8-7-21(18-25(22)34-26)29(6-2)9-10-31-13-14-33-16-15-32-12-11-30-4/h7-8,17-19H,5-6,9-16H2,1-4H3/p+1. The van der Waals surface area contributed by atoms with Crippen LogP contribution in [0.15, 0.2) is 34.7 Å². The van der Waals surface area contributed by atoms with Crippen LogP contribution < -0.4 is 15.2 Å². The Morgan fingerprint density at radius 1 is 0.912 bits per heavy atom. The number of methoxy groups -OCH3 is 1. The molecule has 0 saturated carbocycles. The average Bonchev–Trinajstić information content (AvgIpc) is 2.84. The molecular weight excluding hydrogens is 434 g/mol. The van der Waals surface area contributed by atoms with Gasteiger partial charge in [-0.05, 0) is 38.5 Å². The summed E-state index contributed by atoms with van der Waals surface area (Å²) in [7, 11) is 1.66. The zero-order valence-electron chi connectivity index (χ0n) is 20.9. The lowest BCUT2D eigenvalue weighted by atomic mass is 10.1. The first-order valence-electron chi connectivity index (χ1n) is 12.1. The summed E-state index contributed by atoms with van der Waals surface area (Å²) >= 11 is 0. The highest BCUT2D eigenvalue weighted by molar-refractivity contribution is 5.81. The highest BCUT2D eigenvalue weighted by atomic mass is 16.6. The lowest BCUT2D eigenvalue weighted by molar-refractivity contribution is 0.00374. The first-order chi connectivity index (χ1) is 16.7. The van der Waals surface area contributed by atoms with Gasteiger partial charge in [0.25, 0.3) is 0 Å². The number of nitrogens with zero attached hydrogens (tertiary/aromatic N) is 2. The van der Waals surface area contributed by atoms with E-state index >= 15 is 0 Å². The Morgan fingerprint density at radius 2 is 1.62 bits per heavy atom. The number of likely N-dealkylation sites (N-methyl/N-ethyl adjacent to an activating group) is 1. The van der Waals surface area contributed by atoms with Crippen LogP contribution in [-0.4, -0.2) is 78.0 Å². The van der Waals surface area contributed by atoms with Crippen LogP contribution in [0, 0.1) is 6.92 Å². The van der Waals surface area contributed by atoms with E-state index < -0.39 is 0 Å². The maximum Gasteiger partial charge on any atom is 0.203 e. The lowest BCUT2D eigenvalue weighted by Crippen LogP contribution is -2.33. The molecule has 1 N–H and O–H groups in total. The predicted octanol–water partition coefficient (Wildman–Crippen LogP) is 3.16. The zero-order chi connectivity index (χ0) is 24.2. The summed E-state index contributed by atoms with van der Waals surface area (Å²) in [5.74, 6) is 0.775. The maximum absolute atomic E-state index is 6.24. The Morgan fingerprint density at radius 3 is 2.29 bits per heavy atom. The van der Waals surface area contributed by atoms with Crippen molar-refractivity contribution in [3.05, 3.63) is 41.3 Å². The van der Waals surface area contributed by atoms with Crippen molar-refractivity contribution in [2.45, 2.75) is 20.8 Å². The average molecular weight is 473 g/mol. The van der Waals surface area contributed by atoms with Gasteiger partial charge in [-0.25, -0.2) is 9.56 Å². The smallest absolute Gasteiger partial charge is 0.203 e. The number of hydrogen-bond acceptors (Lipinski definition) is 7. The second kappa shape index (κ2) is 14.0. The van der Waals surface area contributed by atoms with E-state index in [0.29, 0.717) is 46.2 Å². The SMILES string of the molecule is CCNc1cc2oc3cc(=[N+](CC)CCOCCOCCOCCOC)ccc-3nc2cc1C.